The van der Waals surface area contributed by atoms with Gasteiger partial charge in [-0.3, -0.25) is 0 Å². The van der Waals surface area contributed by atoms with Crippen molar-refractivity contribution in [1.82, 2.24) is 18.9 Å². The van der Waals surface area contributed by atoms with E-state index in [0.29, 0.717) is 58.6 Å². The average molecular weight is 565 g/mol. The SMILES string of the molecule is [B]c1cnn2c(NC3CCN(S(=O)(=O)C(/C=C(\C)Cl)C(Cl)C=C)CC3)cc(-c3ccccc3Cl)nc12. The Morgan fingerprint density at radius 2 is 2.00 bits per heavy atom. The number of piperidine rings is 1. The Bertz CT molecular complexity index is 1400. The molecule has 1 N–H and O–H groups in total. The second kappa shape index (κ2) is 11.1. The molecule has 1 fully saturated rings. The predicted molar refractivity (Wildman–Crippen MR) is 149 cm³/mol. The van der Waals surface area contributed by atoms with E-state index in [1.54, 1.807) is 23.7 Å². The van der Waals surface area contributed by atoms with Crippen LogP contribution in [0.5, 0.6) is 0 Å². The molecule has 1 aromatic carbocycles. The van der Waals surface area contributed by atoms with E-state index in [0.717, 1.165) is 5.56 Å². The summed E-state index contributed by atoms with van der Waals surface area (Å²) in [5, 5.41) is 7.02. The highest BCUT2D eigenvalue weighted by molar-refractivity contribution is 7.90. The normalized spacial score (nSPS) is 17.7. The number of sulfonamides is 1. The van der Waals surface area contributed by atoms with E-state index < -0.39 is 20.7 Å². The molecule has 0 bridgehead atoms. The summed E-state index contributed by atoms with van der Waals surface area (Å²) in [4.78, 5) is 4.66. The van der Waals surface area contributed by atoms with E-state index in [4.69, 9.17) is 42.6 Å². The molecule has 0 amide bonds. The van der Waals surface area contributed by atoms with E-state index in [-0.39, 0.29) is 6.04 Å². The van der Waals surface area contributed by atoms with Crippen LogP contribution in [0.2, 0.25) is 5.02 Å². The van der Waals surface area contributed by atoms with Crippen LogP contribution in [-0.2, 0) is 10.0 Å². The number of anilines is 1. The minimum absolute atomic E-state index is 0.00141. The molecular formula is C24H25BCl3N5O2S. The number of halogens is 3. The Kier molecular flexibility index (Phi) is 8.37. The quantitative estimate of drug-likeness (QED) is 0.250. The molecule has 2 radical (unpaired) electrons. The number of fused-ring (bicyclic) bond motifs is 1. The summed E-state index contributed by atoms with van der Waals surface area (Å²) in [6, 6.07) is 9.31. The number of benzene rings is 1. The van der Waals surface area contributed by atoms with Crippen molar-refractivity contribution >= 4 is 69.6 Å². The highest BCUT2D eigenvalue weighted by Gasteiger charge is 2.37. The number of aromatic nitrogens is 3. The van der Waals surface area contributed by atoms with Crippen LogP contribution in [0.1, 0.15) is 19.8 Å². The average Bonchev–Trinajstić information content (AvgIpc) is 3.23. The van der Waals surface area contributed by atoms with Gasteiger partial charge in [-0.2, -0.15) is 9.61 Å². The standard InChI is InChI=1S/C24H25BCl3N5O2S/c1-3-19(27)22(12-15(2)26)36(34,35)32-10-8-16(9-11-32)30-23-13-21(17-6-4-5-7-20(17)28)31-24-18(25)14-29-33(23)24/h3-7,12-14,16,19,22,30H,1,8-11H2,2H3/b15-12+. The number of nitrogens with zero attached hydrogens (tertiary/aromatic N) is 4. The molecule has 0 spiro atoms. The fraction of sp³-hybridized carbons (Fsp3) is 0.333. The molecule has 2 atom stereocenters. The second-order valence-electron chi connectivity index (χ2n) is 8.60. The van der Waals surface area contributed by atoms with Gasteiger partial charge in [-0.25, -0.2) is 17.7 Å². The fourth-order valence-corrected chi connectivity index (χ4v) is 7.01. The van der Waals surface area contributed by atoms with Gasteiger partial charge in [0.25, 0.3) is 0 Å². The third-order valence-corrected chi connectivity index (χ3v) is 9.35. The van der Waals surface area contributed by atoms with Gasteiger partial charge < -0.3 is 5.32 Å². The van der Waals surface area contributed by atoms with E-state index in [1.807, 2.05) is 24.3 Å². The number of hydrogen-bond donors (Lipinski definition) is 1. The van der Waals surface area contributed by atoms with Gasteiger partial charge in [-0.15, -0.1) is 18.2 Å². The zero-order chi connectivity index (χ0) is 26.0. The molecule has 0 saturated carbocycles. The predicted octanol–water partition coefficient (Wildman–Crippen LogP) is 4.35. The van der Waals surface area contributed by atoms with Crippen molar-refractivity contribution in [2.45, 2.75) is 36.4 Å². The molecule has 1 aliphatic rings. The van der Waals surface area contributed by atoms with Gasteiger partial charge in [0.1, 0.15) is 18.9 Å². The lowest BCUT2D eigenvalue weighted by Gasteiger charge is -2.34. The Morgan fingerprint density at radius 1 is 1.31 bits per heavy atom. The first kappa shape index (κ1) is 27.0. The summed E-state index contributed by atoms with van der Waals surface area (Å²) in [6.45, 7) is 5.93. The number of rotatable bonds is 8. The molecule has 4 rings (SSSR count). The van der Waals surface area contributed by atoms with Gasteiger partial charge in [0.05, 0.1) is 11.1 Å². The maximum absolute atomic E-state index is 13.3. The van der Waals surface area contributed by atoms with Crippen molar-refractivity contribution < 1.29 is 8.42 Å². The summed E-state index contributed by atoms with van der Waals surface area (Å²) in [7, 11) is 2.39. The third-order valence-electron chi connectivity index (χ3n) is 6.09. The van der Waals surface area contributed by atoms with Gasteiger partial charge in [0.15, 0.2) is 5.65 Å². The van der Waals surface area contributed by atoms with Crippen molar-refractivity contribution in [2.24, 2.45) is 0 Å². The minimum atomic E-state index is -3.72. The van der Waals surface area contributed by atoms with Gasteiger partial charge in [0.2, 0.25) is 10.0 Å². The molecule has 7 nitrogen and oxygen atoms in total. The Balaban J connectivity index is 1.56. The summed E-state index contributed by atoms with van der Waals surface area (Å²) < 4.78 is 29.7. The van der Waals surface area contributed by atoms with Crippen molar-refractivity contribution in [1.29, 1.82) is 0 Å². The third kappa shape index (κ3) is 5.60. The van der Waals surface area contributed by atoms with Crippen molar-refractivity contribution in [2.75, 3.05) is 18.4 Å². The maximum atomic E-state index is 13.3. The summed E-state index contributed by atoms with van der Waals surface area (Å²) >= 11 is 18.7. The summed E-state index contributed by atoms with van der Waals surface area (Å²) in [6.07, 6.45) is 5.59. The van der Waals surface area contributed by atoms with Gasteiger partial charge in [-0.05, 0) is 37.4 Å². The molecule has 36 heavy (non-hydrogen) atoms. The van der Waals surface area contributed by atoms with Gasteiger partial charge in [0, 0.05) is 47.0 Å². The lowest BCUT2D eigenvalue weighted by molar-refractivity contribution is 0.327. The van der Waals surface area contributed by atoms with Crippen molar-refractivity contribution in [3.05, 3.63) is 65.3 Å². The molecule has 1 saturated heterocycles. The molecule has 0 aliphatic carbocycles. The number of alkyl halides is 1. The lowest BCUT2D eigenvalue weighted by atomic mass is 10.0. The number of allylic oxidation sites excluding steroid dienone is 2. The van der Waals surface area contributed by atoms with E-state index >= 15 is 0 Å². The zero-order valence-corrected chi connectivity index (χ0v) is 22.7. The fourth-order valence-electron chi connectivity index (χ4n) is 4.23. The molecule has 188 valence electrons. The van der Waals surface area contributed by atoms with Crippen LogP contribution in [0.3, 0.4) is 0 Å². The summed E-state index contributed by atoms with van der Waals surface area (Å²) in [5.74, 6) is 0.694. The Labute approximate surface area is 227 Å². The molecule has 3 aromatic rings. The van der Waals surface area contributed by atoms with Crippen LogP contribution in [0.15, 0.2) is 60.3 Å². The summed E-state index contributed by atoms with van der Waals surface area (Å²) in [5.41, 5.74) is 2.39. The van der Waals surface area contributed by atoms with Gasteiger partial charge in [-0.1, -0.05) is 47.5 Å². The molecule has 1 aliphatic heterocycles. The molecule has 12 heteroatoms. The largest absolute Gasteiger partial charge is 0.367 e. The number of hydrogen-bond acceptors (Lipinski definition) is 5. The van der Waals surface area contributed by atoms with Crippen LogP contribution in [0, 0.1) is 0 Å². The van der Waals surface area contributed by atoms with Gasteiger partial charge >= 0.3 is 0 Å². The number of nitrogens with one attached hydrogen (secondary N) is 1. The topological polar surface area (TPSA) is 79.6 Å². The Morgan fingerprint density at radius 3 is 2.64 bits per heavy atom. The highest BCUT2D eigenvalue weighted by atomic mass is 35.5. The van der Waals surface area contributed by atoms with Crippen LogP contribution in [-0.4, -0.2) is 64.9 Å². The Hall–Kier alpha value is -2.04. The van der Waals surface area contributed by atoms with E-state index in [9.17, 15) is 8.42 Å². The lowest BCUT2D eigenvalue weighted by Crippen LogP contribution is -2.47. The van der Waals surface area contributed by atoms with Crippen LogP contribution < -0.4 is 10.8 Å². The smallest absolute Gasteiger partial charge is 0.222 e. The molecule has 2 unspecified atom stereocenters. The molecule has 3 heterocycles. The van der Waals surface area contributed by atoms with Crippen LogP contribution >= 0.6 is 34.8 Å². The first-order valence-electron chi connectivity index (χ1n) is 11.4. The zero-order valence-electron chi connectivity index (χ0n) is 19.6. The monoisotopic (exact) mass is 563 g/mol. The maximum Gasteiger partial charge on any atom is 0.222 e. The minimum Gasteiger partial charge on any atom is -0.367 e. The van der Waals surface area contributed by atoms with Crippen molar-refractivity contribution in [3.63, 3.8) is 0 Å². The second-order valence-corrected chi connectivity index (χ2v) is 12.2. The van der Waals surface area contributed by atoms with Crippen LogP contribution in [0.25, 0.3) is 16.9 Å². The van der Waals surface area contributed by atoms with E-state index in [2.05, 4.69) is 22.0 Å². The molecular weight excluding hydrogens is 540 g/mol. The van der Waals surface area contributed by atoms with Crippen LogP contribution in [0.4, 0.5) is 5.82 Å². The van der Waals surface area contributed by atoms with E-state index in [1.165, 1.54) is 16.5 Å². The first-order chi connectivity index (χ1) is 17.1. The van der Waals surface area contributed by atoms with Crippen molar-refractivity contribution in [3.8, 4) is 11.3 Å². The molecule has 2 aromatic heterocycles. The first-order valence-corrected chi connectivity index (χ1v) is 14.1. The highest BCUT2D eigenvalue weighted by Crippen LogP contribution is 2.30.